The SMILES string of the molecule is CCCCCSc1ccc(C)c2sc3ccccc3c(=O)c12. The van der Waals surface area contributed by atoms with E-state index in [4.69, 9.17) is 0 Å². The number of rotatable bonds is 5. The van der Waals surface area contributed by atoms with Crippen LogP contribution in [0.3, 0.4) is 0 Å². The molecule has 0 aliphatic rings. The molecule has 0 amide bonds. The summed E-state index contributed by atoms with van der Waals surface area (Å²) >= 11 is 3.56. The normalized spacial score (nSPS) is 11.4. The van der Waals surface area contributed by atoms with Crippen LogP contribution in [0.15, 0.2) is 46.1 Å². The Labute approximate surface area is 139 Å². The molecule has 1 aromatic heterocycles. The smallest absolute Gasteiger partial charge is 0.197 e. The average molecular weight is 329 g/mol. The first-order valence-electron chi connectivity index (χ1n) is 7.80. The van der Waals surface area contributed by atoms with Crippen molar-refractivity contribution in [2.45, 2.75) is 38.0 Å². The van der Waals surface area contributed by atoms with Crippen molar-refractivity contribution in [3.63, 3.8) is 0 Å². The summed E-state index contributed by atoms with van der Waals surface area (Å²) < 4.78 is 2.22. The quantitative estimate of drug-likeness (QED) is 0.324. The Bertz CT molecular complexity index is 864. The maximum absolute atomic E-state index is 12.9. The fourth-order valence-electron chi connectivity index (χ4n) is 2.66. The third-order valence-corrected chi connectivity index (χ3v) is 6.34. The van der Waals surface area contributed by atoms with Crippen LogP contribution in [0, 0.1) is 6.92 Å². The molecule has 1 heterocycles. The van der Waals surface area contributed by atoms with Crippen LogP contribution in [0.5, 0.6) is 0 Å². The fraction of sp³-hybridized carbons (Fsp3) is 0.316. The van der Waals surface area contributed by atoms with Crippen LogP contribution in [0.2, 0.25) is 0 Å². The van der Waals surface area contributed by atoms with Gasteiger partial charge in [-0.1, -0.05) is 38.0 Å². The third-order valence-electron chi connectivity index (χ3n) is 3.89. The lowest BCUT2D eigenvalue weighted by atomic mass is 10.1. The van der Waals surface area contributed by atoms with Gasteiger partial charge in [-0.3, -0.25) is 4.79 Å². The van der Waals surface area contributed by atoms with Crippen molar-refractivity contribution in [2.75, 3.05) is 5.75 Å². The Balaban J connectivity index is 2.15. The van der Waals surface area contributed by atoms with E-state index in [-0.39, 0.29) is 5.43 Å². The van der Waals surface area contributed by atoms with Gasteiger partial charge in [0.15, 0.2) is 5.43 Å². The second-order valence-electron chi connectivity index (χ2n) is 5.57. The highest BCUT2D eigenvalue weighted by Crippen LogP contribution is 2.33. The van der Waals surface area contributed by atoms with Crippen molar-refractivity contribution >= 4 is 43.3 Å². The van der Waals surface area contributed by atoms with E-state index in [0.717, 1.165) is 30.8 Å². The molecule has 3 rings (SSSR count). The van der Waals surface area contributed by atoms with Gasteiger partial charge in [-0.25, -0.2) is 0 Å². The lowest BCUT2D eigenvalue weighted by Crippen LogP contribution is -2.03. The van der Waals surface area contributed by atoms with Crippen molar-refractivity contribution in [1.29, 1.82) is 0 Å². The zero-order valence-electron chi connectivity index (χ0n) is 13.0. The first kappa shape index (κ1) is 15.6. The Hall–Kier alpha value is -1.32. The predicted octanol–water partition coefficient (Wildman–Crippen LogP) is 6.01. The Morgan fingerprint density at radius 3 is 2.73 bits per heavy atom. The molecule has 0 saturated heterocycles. The molecule has 3 heteroatoms. The second kappa shape index (κ2) is 6.84. The summed E-state index contributed by atoms with van der Waals surface area (Å²) in [5.74, 6) is 1.09. The summed E-state index contributed by atoms with van der Waals surface area (Å²) in [4.78, 5) is 14.1. The van der Waals surface area contributed by atoms with Gasteiger partial charge in [0.25, 0.3) is 0 Å². The van der Waals surface area contributed by atoms with E-state index in [1.807, 2.05) is 36.0 Å². The summed E-state index contributed by atoms with van der Waals surface area (Å²) in [6.45, 7) is 4.31. The van der Waals surface area contributed by atoms with Gasteiger partial charge in [0.05, 0.1) is 5.39 Å². The molecule has 0 aliphatic heterocycles. The Morgan fingerprint density at radius 2 is 1.91 bits per heavy atom. The molecule has 0 atom stereocenters. The standard InChI is InChI=1S/C19H20OS2/c1-3-4-7-12-21-16-11-10-13(2)19-17(16)18(20)14-8-5-6-9-15(14)22-19/h5-6,8-11H,3-4,7,12H2,1-2H3. The molecule has 3 aromatic rings. The molecule has 0 unspecified atom stereocenters. The molecule has 114 valence electrons. The maximum atomic E-state index is 12.9. The molecule has 1 nitrogen and oxygen atoms in total. The van der Waals surface area contributed by atoms with Crippen LogP contribution in [-0.2, 0) is 0 Å². The van der Waals surface area contributed by atoms with Gasteiger partial charge in [0.1, 0.15) is 0 Å². The lowest BCUT2D eigenvalue weighted by Gasteiger charge is -2.09. The minimum absolute atomic E-state index is 0.186. The molecular formula is C19H20OS2. The molecule has 0 fully saturated rings. The number of aryl methyl sites for hydroxylation is 1. The van der Waals surface area contributed by atoms with Gasteiger partial charge in [0.2, 0.25) is 0 Å². The third kappa shape index (κ3) is 2.92. The van der Waals surface area contributed by atoms with Gasteiger partial charge in [-0.05, 0) is 42.9 Å². The van der Waals surface area contributed by atoms with Crippen molar-refractivity contribution in [2.24, 2.45) is 0 Å². The maximum Gasteiger partial charge on any atom is 0.197 e. The molecular weight excluding hydrogens is 308 g/mol. The molecule has 0 saturated carbocycles. The van der Waals surface area contributed by atoms with Crippen LogP contribution >= 0.6 is 23.1 Å². The van der Waals surface area contributed by atoms with Crippen LogP contribution in [0.25, 0.3) is 20.2 Å². The fourth-order valence-corrected chi connectivity index (χ4v) is 4.96. The summed E-state index contributed by atoms with van der Waals surface area (Å²) in [5, 5.41) is 1.77. The number of thioether (sulfide) groups is 1. The van der Waals surface area contributed by atoms with Gasteiger partial charge in [-0.15, -0.1) is 23.1 Å². The van der Waals surface area contributed by atoms with Gasteiger partial charge < -0.3 is 0 Å². The molecule has 0 spiro atoms. The van der Waals surface area contributed by atoms with Crippen molar-refractivity contribution < 1.29 is 0 Å². The first-order chi connectivity index (χ1) is 10.7. The van der Waals surface area contributed by atoms with Gasteiger partial charge in [0, 0.05) is 19.7 Å². The van der Waals surface area contributed by atoms with E-state index in [1.54, 1.807) is 11.3 Å². The van der Waals surface area contributed by atoms with E-state index in [0.29, 0.717) is 0 Å². The summed E-state index contributed by atoms with van der Waals surface area (Å²) in [6, 6.07) is 12.2. The minimum atomic E-state index is 0.186. The topological polar surface area (TPSA) is 17.1 Å². The molecule has 0 aliphatic carbocycles. The minimum Gasteiger partial charge on any atom is -0.288 e. The number of benzene rings is 2. The zero-order valence-corrected chi connectivity index (χ0v) is 14.7. The zero-order chi connectivity index (χ0) is 15.5. The predicted molar refractivity (Wildman–Crippen MR) is 101 cm³/mol. The van der Waals surface area contributed by atoms with E-state index in [9.17, 15) is 4.79 Å². The molecule has 0 bridgehead atoms. The monoisotopic (exact) mass is 328 g/mol. The number of hydrogen-bond acceptors (Lipinski definition) is 3. The largest absolute Gasteiger partial charge is 0.288 e. The first-order valence-corrected chi connectivity index (χ1v) is 9.60. The Kier molecular flexibility index (Phi) is 4.84. The highest BCUT2D eigenvalue weighted by atomic mass is 32.2. The van der Waals surface area contributed by atoms with E-state index >= 15 is 0 Å². The van der Waals surface area contributed by atoms with Crippen LogP contribution in [0.1, 0.15) is 31.7 Å². The van der Waals surface area contributed by atoms with E-state index < -0.39 is 0 Å². The number of hydrogen-bond donors (Lipinski definition) is 0. The van der Waals surface area contributed by atoms with Crippen LogP contribution < -0.4 is 5.43 Å². The van der Waals surface area contributed by atoms with E-state index in [1.165, 1.54) is 24.8 Å². The molecule has 0 N–H and O–H groups in total. The average Bonchev–Trinajstić information content (AvgIpc) is 2.54. The summed E-state index contributed by atoms with van der Waals surface area (Å²) in [5.41, 5.74) is 1.38. The molecule has 2 aromatic carbocycles. The van der Waals surface area contributed by atoms with Gasteiger partial charge in [-0.2, -0.15) is 0 Å². The number of fused-ring (bicyclic) bond motifs is 2. The van der Waals surface area contributed by atoms with Gasteiger partial charge >= 0.3 is 0 Å². The molecule has 22 heavy (non-hydrogen) atoms. The summed E-state index contributed by atoms with van der Waals surface area (Å²) in [7, 11) is 0. The lowest BCUT2D eigenvalue weighted by molar-refractivity contribution is 0.778. The number of unbranched alkanes of at least 4 members (excludes halogenated alkanes) is 2. The van der Waals surface area contributed by atoms with Crippen molar-refractivity contribution in [3.05, 3.63) is 52.2 Å². The highest BCUT2D eigenvalue weighted by Gasteiger charge is 2.12. The van der Waals surface area contributed by atoms with Crippen molar-refractivity contribution in [3.8, 4) is 0 Å². The van der Waals surface area contributed by atoms with E-state index in [2.05, 4.69) is 26.0 Å². The second-order valence-corrected chi connectivity index (χ2v) is 7.76. The highest BCUT2D eigenvalue weighted by molar-refractivity contribution is 7.99. The molecule has 0 radical (unpaired) electrons. The van der Waals surface area contributed by atoms with Crippen molar-refractivity contribution in [1.82, 2.24) is 0 Å². The van der Waals surface area contributed by atoms with Crippen LogP contribution in [-0.4, -0.2) is 5.75 Å². The summed E-state index contributed by atoms with van der Waals surface area (Å²) in [6.07, 6.45) is 3.70. The van der Waals surface area contributed by atoms with Crippen LogP contribution in [0.4, 0.5) is 0 Å². The Morgan fingerprint density at radius 1 is 1.09 bits per heavy atom.